The van der Waals surface area contributed by atoms with E-state index in [4.69, 9.17) is 9.72 Å². The molecule has 0 atom stereocenters. The van der Waals surface area contributed by atoms with E-state index in [1.165, 1.54) is 25.0 Å². The average molecular weight is 577 g/mol. The van der Waals surface area contributed by atoms with Crippen molar-refractivity contribution in [3.8, 4) is 39.5 Å². The number of nitrogens with zero attached hydrogens (tertiary/aromatic N) is 5. The van der Waals surface area contributed by atoms with Gasteiger partial charge in [-0.2, -0.15) is 5.10 Å². The first-order chi connectivity index (χ1) is 21.1. The second kappa shape index (κ2) is 11.9. The lowest BCUT2D eigenvalue weighted by Crippen LogP contribution is -2.25. The number of hydrogen-bond donors (Lipinski definition) is 3. The lowest BCUT2D eigenvalue weighted by Gasteiger charge is -2.15. The first kappa shape index (κ1) is 27.2. The summed E-state index contributed by atoms with van der Waals surface area (Å²) < 4.78 is 20.7. The summed E-state index contributed by atoms with van der Waals surface area (Å²) >= 11 is 0. The van der Waals surface area contributed by atoms with E-state index in [1.54, 1.807) is 12.4 Å². The Morgan fingerprint density at radius 1 is 0.953 bits per heavy atom. The number of H-pyrrole nitrogens is 2. The predicted octanol–water partition coefficient (Wildman–Crippen LogP) is 5.95. The van der Waals surface area contributed by atoms with Crippen LogP contribution in [0.5, 0.6) is 5.75 Å². The van der Waals surface area contributed by atoms with E-state index < -0.39 is 0 Å². The van der Waals surface area contributed by atoms with Gasteiger partial charge in [-0.25, -0.2) is 9.37 Å². The standard InChI is InChI=1S/C33H33FN8O/c1-2-35-16-21-11-23(18-36-17-21)28-5-6-29-32(39-28)33(41-40-29)30-15-26-27(19-37-20-31(26)38-30)22-12-24(34)14-25(13-22)43-10-9-42-7-3-4-8-42/h5-6,11-15,17-20,35,38H,2-4,7-10,16H2,1H3,(H,40,41). The summed E-state index contributed by atoms with van der Waals surface area (Å²) in [6.45, 7) is 7.29. The highest BCUT2D eigenvalue weighted by molar-refractivity contribution is 6.00. The maximum Gasteiger partial charge on any atom is 0.135 e. The van der Waals surface area contributed by atoms with Gasteiger partial charge in [0.05, 0.1) is 28.6 Å². The summed E-state index contributed by atoms with van der Waals surface area (Å²) in [5, 5.41) is 12.0. The number of aromatic amines is 2. The molecule has 1 aliphatic heterocycles. The molecular formula is C33H33FN8O. The van der Waals surface area contributed by atoms with E-state index in [2.05, 4.69) is 48.4 Å². The summed E-state index contributed by atoms with van der Waals surface area (Å²) in [6, 6.07) is 12.9. The van der Waals surface area contributed by atoms with Gasteiger partial charge in [-0.1, -0.05) is 6.92 Å². The maximum absolute atomic E-state index is 14.8. The van der Waals surface area contributed by atoms with Gasteiger partial charge >= 0.3 is 0 Å². The van der Waals surface area contributed by atoms with Crippen molar-refractivity contribution in [2.24, 2.45) is 0 Å². The van der Waals surface area contributed by atoms with Crippen molar-refractivity contribution >= 4 is 21.9 Å². The Bertz CT molecular complexity index is 1890. The number of benzene rings is 1. The van der Waals surface area contributed by atoms with Crippen LogP contribution in [0.15, 0.2) is 67.3 Å². The van der Waals surface area contributed by atoms with Crippen LogP contribution in [0, 0.1) is 5.82 Å². The lowest BCUT2D eigenvalue weighted by molar-refractivity contribution is 0.237. The highest BCUT2D eigenvalue weighted by Gasteiger charge is 2.17. The first-order valence-electron chi connectivity index (χ1n) is 14.8. The Hall–Kier alpha value is -4.67. The molecule has 0 aliphatic carbocycles. The number of nitrogens with one attached hydrogen (secondary N) is 3. The molecule has 9 nitrogen and oxygen atoms in total. The quantitative estimate of drug-likeness (QED) is 0.185. The zero-order valence-corrected chi connectivity index (χ0v) is 24.0. The first-order valence-corrected chi connectivity index (χ1v) is 14.8. The minimum atomic E-state index is -0.347. The number of hydrogen-bond acceptors (Lipinski definition) is 7. The fourth-order valence-corrected chi connectivity index (χ4v) is 5.75. The lowest BCUT2D eigenvalue weighted by atomic mass is 10.0. The number of ether oxygens (including phenoxy) is 1. The van der Waals surface area contributed by atoms with Crippen LogP contribution in [-0.2, 0) is 6.54 Å². The molecule has 218 valence electrons. The Labute approximate surface area is 248 Å². The predicted molar refractivity (Wildman–Crippen MR) is 166 cm³/mol. The highest BCUT2D eigenvalue weighted by Crippen LogP contribution is 2.35. The van der Waals surface area contributed by atoms with Crippen molar-refractivity contribution in [3.63, 3.8) is 0 Å². The Kier molecular flexibility index (Phi) is 7.53. The third-order valence-electron chi connectivity index (χ3n) is 7.94. The molecule has 1 aliphatic rings. The Balaban J connectivity index is 1.20. The largest absolute Gasteiger partial charge is 0.492 e. The third kappa shape index (κ3) is 5.71. The van der Waals surface area contributed by atoms with Crippen LogP contribution in [0.1, 0.15) is 25.3 Å². The number of likely N-dealkylation sites (tertiary alicyclic amines) is 1. The number of fused-ring (bicyclic) bond motifs is 2. The number of pyridine rings is 3. The normalized spacial score (nSPS) is 13.8. The van der Waals surface area contributed by atoms with Crippen LogP contribution in [-0.4, -0.2) is 67.8 Å². The van der Waals surface area contributed by atoms with Crippen LogP contribution >= 0.6 is 0 Å². The molecule has 1 saturated heterocycles. The van der Waals surface area contributed by atoms with Gasteiger partial charge < -0.3 is 15.0 Å². The minimum Gasteiger partial charge on any atom is -0.492 e. The number of aromatic nitrogens is 6. The molecule has 43 heavy (non-hydrogen) atoms. The molecule has 7 rings (SSSR count). The van der Waals surface area contributed by atoms with E-state index in [-0.39, 0.29) is 5.82 Å². The highest BCUT2D eigenvalue weighted by atomic mass is 19.1. The summed E-state index contributed by atoms with van der Waals surface area (Å²) in [5.74, 6) is 0.168. The van der Waals surface area contributed by atoms with Crippen LogP contribution in [0.4, 0.5) is 4.39 Å². The van der Waals surface area contributed by atoms with Crippen LogP contribution in [0.25, 0.3) is 55.7 Å². The van der Waals surface area contributed by atoms with Gasteiger partial charge in [-0.15, -0.1) is 0 Å². The zero-order valence-electron chi connectivity index (χ0n) is 24.0. The summed E-state index contributed by atoms with van der Waals surface area (Å²) in [4.78, 5) is 19.7. The third-order valence-corrected chi connectivity index (χ3v) is 7.94. The molecule has 0 radical (unpaired) electrons. The van der Waals surface area contributed by atoms with Crippen molar-refractivity contribution < 1.29 is 9.13 Å². The van der Waals surface area contributed by atoms with Gasteiger partial charge in [0.25, 0.3) is 0 Å². The summed E-state index contributed by atoms with van der Waals surface area (Å²) in [6.07, 6.45) is 9.68. The zero-order chi connectivity index (χ0) is 29.2. The smallest absolute Gasteiger partial charge is 0.135 e. The SMILES string of the molecule is CCNCc1cncc(-c2ccc3[nH]nc(-c4cc5c(-c6cc(F)cc(OCCN7CCCC7)c6)cncc5[nH]4)c3n2)c1. The number of rotatable bonds is 10. The van der Waals surface area contributed by atoms with Gasteiger partial charge in [0, 0.05) is 54.3 Å². The molecule has 0 bridgehead atoms. The van der Waals surface area contributed by atoms with Gasteiger partial charge in [0.1, 0.15) is 29.4 Å². The molecule has 3 N–H and O–H groups in total. The molecule has 5 aromatic heterocycles. The average Bonchev–Trinajstić information content (AvgIpc) is 3.79. The molecule has 0 amide bonds. The van der Waals surface area contributed by atoms with E-state index in [0.717, 1.165) is 82.7 Å². The van der Waals surface area contributed by atoms with Crippen molar-refractivity contribution in [2.45, 2.75) is 26.3 Å². The molecule has 6 aromatic rings. The molecule has 0 saturated carbocycles. The second-order valence-corrected chi connectivity index (χ2v) is 10.9. The summed E-state index contributed by atoms with van der Waals surface area (Å²) in [7, 11) is 0. The monoisotopic (exact) mass is 576 g/mol. The molecule has 1 fully saturated rings. The van der Waals surface area contributed by atoms with Crippen LogP contribution in [0.2, 0.25) is 0 Å². The van der Waals surface area contributed by atoms with E-state index in [1.807, 2.05) is 36.7 Å². The fourth-order valence-electron chi connectivity index (χ4n) is 5.75. The number of halogens is 1. The van der Waals surface area contributed by atoms with Gasteiger partial charge in [-0.05, 0) is 80.0 Å². The van der Waals surface area contributed by atoms with Crippen molar-refractivity contribution in [2.75, 3.05) is 32.8 Å². The van der Waals surface area contributed by atoms with Gasteiger partial charge in [0.2, 0.25) is 0 Å². The second-order valence-electron chi connectivity index (χ2n) is 10.9. The molecule has 10 heteroatoms. The van der Waals surface area contributed by atoms with E-state index in [0.29, 0.717) is 23.6 Å². The fraction of sp³-hybridized carbons (Fsp3) is 0.273. The van der Waals surface area contributed by atoms with Crippen molar-refractivity contribution in [3.05, 3.63) is 78.6 Å². The van der Waals surface area contributed by atoms with E-state index in [9.17, 15) is 4.39 Å². The van der Waals surface area contributed by atoms with Gasteiger partial charge in [0.15, 0.2) is 0 Å². The molecular weight excluding hydrogens is 543 g/mol. The molecule has 0 spiro atoms. The summed E-state index contributed by atoms with van der Waals surface area (Å²) in [5.41, 5.74) is 8.25. The Morgan fingerprint density at radius 2 is 1.84 bits per heavy atom. The van der Waals surface area contributed by atoms with Crippen LogP contribution in [0.3, 0.4) is 0 Å². The van der Waals surface area contributed by atoms with Crippen molar-refractivity contribution in [1.29, 1.82) is 0 Å². The molecule has 6 heterocycles. The Morgan fingerprint density at radius 3 is 2.72 bits per heavy atom. The minimum absolute atomic E-state index is 0.347. The molecule has 1 aromatic carbocycles. The van der Waals surface area contributed by atoms with Crippen LogP contribution < -0.4 is 10.1 Å². The van der Waals surface area contributed by atoms with E-state index >= 15 is 0 Å². The maximum atomic E-state index is 14.8. The van der Waals surface area contributed by atoms with Crippen molar-refractivity contribution in [1.82, 2.24) is 40.3 Å². The topological polar surface area (TPSA) is 108 Å². The molecule has 0 unspecified atom stereocenters. The van der Waals surface area contributed by atoms with Gasteiger partial charge in [-0.3, -0.25) is 20.0 Å².